The predicted octanol–water partition coefficient (Wildman–Crippen LogP) is 1.78. The number of carbonyl (C=O) groups excluding carboxylic acids is 1. The molecule has 0 spiro atoms. The van der Waals surface area contributed by atoms with Gasteiger partial charge < -0.3 is 10.6 Å². The maximum absolute atomic E-state index is 12.6. The zero-order valence-corrected chi connectivity index (χ0v) is 12.8. The number of nitrogens with zero attached hydrogens (tertiary/aromatic N) is 2. The molecule has 1 heterocycles. The fraction of sp³-hybridized carbons (Fsp3) is 0.588. The van der Waals surface area contributed by atoms with E-state index in [4.69, 9.17) is 5.73 Å². The minimum Gasteiger partial charge on any atom is -0.328 e. The average Bonchev–Trinajstić information content (AvgIpc) is 2.92. The minimum atomic E-state index is 0.220. The number of anilines is 1. The van der Waals surface area contributed by atoms with Crippen molar-refractivity contribution in [3.05, 3.63) is 29.8 Å². The molecule has 114 valence electrons. The normalized spacial score (nSPS) is 25.2. The van der Waals surface area contributed by atoms with E-state index >= 15 is 0 Å². The van der Waals surface area contributed by atoms with E-state index in [0.717, 1.165) is 44.3 Å². The van der Waals surface area contributed by atoms with Crippen molar-refractivity contribution in [1.29, 1.82) is 0 Å². The Balaban J connectivity index is 1.59. The summed E-state index contributed by atoms with van der Waals surface area (Å²) in [7, 11) is 2.07. The van der Waals surface area contributed by atoms with Crippen LogP contribution in [0.3, 0.4) is 0 Å². The molecule has 4 nitrogen and oxygen atoms in total. The fourth-order valence-electron chi connectivity index (χ4n) is 3.57. The zero-order chi connectivity index (χ0) is 14.8. The maximum atomic E-state index is 12.6. The lowest BCUT2D eigenvalue weighted by Crippen LogP contribution is -2.44. The summed E-state index contributed by atoms with van der Waals surface area (Å²) in [5.41, 5.74) is 8.35. The van der Waals surface area contributed by atoms with Crippen molar-refractivity contribution in [2.75, 3.05) is 25.0 Å². The van der Waals surface area contributed by atoms with Crippen LogP contribution in [0.15, 0.2) is 24.3 Å². The van der Waals surface area contributed by atoms with Crippen LogP contribution in [-0.2, 0) is 11.2 Å². The van der Waals surface area contributed by atoms with Crippen LogP contribution in [-0.4, -0.2) is 43.0 Å². The number of para-hydroxylation sites is 1. The third kappa shape index (κ3) is 3.11. The highest BCUT2D eigenvalue weighted by Gasteiger charge is 2.28. The molecule has 1 saturated carbocycles. The second-order valence-corrected chi connectivity index (χ2v) is 6.41. The zero-order valence-electron chi connectivity index (χ0n) is 12.8. The van der Waals surface area contributed by atoms with E-state index < -0.39 is 0 Å². The lowest BCUT2D eigenvalue weighted by Gasteiger charge is -2.33. The lowest BCUT2D eigenvalue weighted by molar-refractivity contribution is -0.120. The van der Waals surface area contributed by atoms with Gasteiger partial charge >= 0.3 is 0 Å². The Hall–Kier alpha value is -1.39. The SMILES string of the molecule is CN(CC(=O)N1CCc2ccccc21)C1CCC(N)CC1. The Morgan fingerprint density at radius 1 is 1.29 bits per heavy atom. The Bertz CT molecular complexity index is 509. The van der Waals surface area contributed by atoms with Crippen LogP contribution in [0.1, 0.15) is 31.2 Å². The van der Waals surface area contributed by atoms with E-state index in [1.165, 1.54) is 5.56 Å². The number of hydrogen-bond acceptors (Lipinski definition) is 3. The van der Waals surface area contributed by atoms with Gasteiger partial charge in [-0.25, -0.2) is 0 Å². The van der Waals surface area contributed by atoms with Gasteiger partial charge in [0.25, 0.3) is 0 Å². The average molecular weight is 287 g/mol. The van der Waals surface area contributed by atoms with Gasteiger partial charge in [0.15, 0.2) is 0 Å². The summed E-state index contributed by atoms with van der Waals surface area (Å²) in [4.78, 5) is 16.7. The van der Waals surface area contributed by atoms with Gasteiger partial charge in [-0.15, -0.1) is 0 Å². The maximum Gasteiger partial charge on any atom is 0.241 e. The number of hydrogen-bond donors (Lipinski definition) is 1. The van der Waals surface area contributed by atoms with Crippen LogP contribution >= 0.6 is 0 Å². The number of rotatable bonds is 3. The van der Waals surface area contributed by atoms with E-state index in [0.29, 0.717) is 18.6 Å². The molecule has 0 atom stereocenters. The van der Waals surface area contributed by atoms with Crippen molar-refractivity contribution < 1.29 is 4.79 Å². The largest absolute Gasteiger partial charge is 0.328 e. The molecule has 4 heteroatoms. The number of likely N-dealkylation sites (N-methyl/N-ethyl adjacent to an activating group) is 1. The van der Waals surface area contributed by atoms with Crippen molar-refractivity contribution in [2.45, 2.75) is 44.2 Å². The molecule has 2 aliphatic rings. The number of carbonyl (C=O) groups is 1. The number of fused-ring (bicyclic) bond motifs is 1. The Kier molecular flexibility index (Phi) is 4.27. The molecular weight excluding hydrogens is 262 g/mol. The third-order valence-corrected chi connectivity index (χ3v) is 4.94. The molecule has 1 aromatic rings. The molecule has 0 aromatic heterocycles. The van der Waals surface area contributed by atoms with Gasteiger partial charge in [0.2, 0.25) is 5.91 Å². The highest BCUT2D eigenvalue weighted by molar-refractivity contribution is 5.96. The fourth-order valence-corrected chi connectivity index (χ4v) is 3.57. The van der Waals surface area contributed by atoms with Gasteiger partial charge in [0, 0.05) is 24.3 Å². The van der Waals surface area contributed by atoms with Crippen LogP contribution in [0.5, 0.6) is 0 Å². The van der Waals surface area contributed by atoms with E-state index in [2.05, 4.69) is 24.1 Å². The van der Waals surface area contributed by atoms with Crippen LogP contribution in [0.4, 0.5) is 5.69 Å². The molecule has 2 N–H and O–H groups in total. The van der Waals surface area contributed by atoms with E-state index in [9.17, 15) is 4.79 Å². The van der Waals surface area contributed by atoms with Gasteiger partial charge in [0.05, 0.1) is 6.54 Å². The van der Waals surface area contributed by atoms with Crippen LogP contribution < -0.4 is 10.6 Å². The molecule has 1 aliphatic heterocycles. The van der Waals surface area contributed by atoms with Gasteiger partial charge in [-0.3, -0.25) is 9.69 Å². The van der Waals surface area contributed by atoms with Gasteiger partial charge in [-0.1, -0.05) is 18.2 Å². The summed E-state index contributed by atoms with van der Waals surface area (Å²) < 4.78 is 0. The summed E-state index contributed by atoms with van der Waals surface area (Å²) in [6, 6.07) is 9.10. The number of nitrogens with two attached hydrogens (primary N) is 1. The Labute approximate surface area is 126 Å². The summed E-state index contributed by atoms with van der Waals surface area (Å²) in [6.45, 7) is 1.33. The summed E-state index contributed by atoms with van der Waals surface area (Å²) in [5.74, 6) is 0.220. The van der Waals surface area contributed by atoms with Crippen LogP contribution in [0.25, 0.3) is 0 Å². The Morgan fingerprint density at radius 2 is 2.00 bits per heavy atom. The van der Waals surface area contributed by atoms with Crippen molar-refractivity contribution in [3.8, 4) is 0 Å². The monoisotopic (exact) mass is 287 g/mol. The summed E-state index contributed by atoms with van der Waals surface area (Å²) in [6.07, 6.45) is 5.36. The topological polar surface area (TPSA) is 49.6 Å². The second-order valence-electron chi connectivity index (χ2n) is 6.41. The molecular formula is C17H25N3O. The quantitative estimate of drug-likeness (QED) is 0.922. The lowest BCUT2D eigenvalue weighted by atomic mass is 9.91. The van der Waals surface area contributed by atoms with Gasteiger partial charge in [0.1, 0.15) is 0 Å². The molecule has 0 unspecified atom stereocenters. The summed E-state index contributed by atoms with van der Waals surface area (Å²) in [5, 5.41) is 0. The molecule has 1 amide bonds. The first-order valence-corrected chi connectivity index (χ1v) is 7.99. The van der Waals surface area contributed by atoms with Crippen LogP contribution in [0.2, 0.25) is 0 Å². The first-order chi connectivity index (χ1) is 10.1. The van der Waals surface area contributed by atoms with E-state index in [-0.39, 0.29) is 5.91 Å². The smallest absolute Gasteiger partial charge is 0.241 e. The molecule has 1 aromatic carbocycles. The van der Waals surface area contributed by atoms with E-state index in [1.807, 2.05) is 17.0 Å². The first kappa shape index (κ1) is 14.5. The molecule has 0 bridgehead atoms. The van der Waals surface area contributed by atoms with E-state index in [1.54, 1.807) is 0 Å². The molecule has 3 rings (SSSR count). The molecule has 21 heavy (non-hydrogen) atoms. The van der Waals surface area contributed by atoms with Crippen molar-refractivity contribution in [3.63, 3.8) is 0 Å². The molecule has 1 aliphatic carbocycles. The summed E-state index contributed by atoms with van der Waals surface area (Å²) >= 11 is 0. The second kappa shape index (κ2) is 6.16. The first-order valence-electron chi connectivity index (χ1n) is 7.99. The number of benzene rings is 1. The molecule has 1 fully saturated rings. The van der Waals surface area contributed by atoms with Crippen molar-refractivity contribution >= 4 is 11.6 Å². The standard InChI is InChI=1S/C17H25N3O/c1-19(15-8-6-14(18)7-9-15)12-17(21)20-11-10-13-4-2-3-5-16(13)20/h2-5,14-15H,6-12,18H2,1H3. The third-order valence-electron chi connectivity index (χ3n) is 4.94. The minimum absolute atomic E-state index is 0.220. The number of amides is 1. The highest BCUT2D eigenvalue weighted by atomic mass is 16.2. The molecule has 0 radical (unpaired) electrons. The predicted molar refractivity (Wildman–Crippen MR) is 85.4 cm³/mol. The molecule has 0 saturated heterocycles. The highest BCUT2D eigenvalue weighted by Crippen LogP contribution is 2.28. The Morgan fingerprint density at radius 3 is 2.76 bits per heavy atom. The van der Waals surface area contributed by atoms with Crippen LogP contribution in [0, 0.1) is 0 Å². The van der Waals surface area contributed by atoms with Crippen molar-refractivity contribution in [2.24, 2.45) is 5.73 Å². The van der Waals surface area contributed by atoms with Gasteiger partial charge in [-0.2, -0.15) is 0 Å². The van der Waals surface area contributed by atoms with Crippen molar-refractivity contribution in [1.82, 2.24) is 4.90 Å². The van der Waals surface area contributed by atoms with Gasteiger partial charge in [-0.05, 0) is 50.8 Å².